The molecule has 0 amide bonds. The molecule has 0 saturated carbocycles. The summed E-state index contributed by atoms with van der Waals surface area (Å²) in [5.74, 6) is 0. The zero-order valence-electron chi connectivity index (χ0n) is 7.97. The van der Waals surface area contributed by atoms with E-state index in [1.807, 2.05) is 38.3 Å². The molecule has 0 heterocycles. The quantitative estimate of drug-likeness (QED) is 0.506. The molecule has 13 heavy (non-hydrogen) atoms. The van der Waals surface area contributed by atoms with Gasteiger partial charge in [0.15, 0.2) is 0 Å². The molecular weight excluding hydrogens is 202 g/mol. The molecule has 0 aliphatic carbocycles. The van der Waals surface area contributed by atoms with Gasteiger partial charge in [0, 0.05) is 5.02 Å². The van der Waals surface area contributed by atoms with Crippen LogP contribution in [0.5, 0.6) is 0 Å². The number of hydrogen-bond acceptors (Lipinski definition) is 2. The lowest BCUT2D eigenvalue weighted by atomic mass is 10.2. The minimum Gasteiger partial charge on any atom is -0.247 e. The Morgan fingerprint density at radius 2 is 2.15 bits per heavy atom. The molecule has 0 saturated heterocycles. The summed E-state index contributed by atoms with van der Waals surface area (Å²) in [7, 11) is 0. The van der Waals surface area contributed by atoms with Crippen LogP contribution in [0.3, 0.4) is 0 Å². The fraction of sp³-hybridized carbons (Fsp3) is 0.300. The molecule has 0 radical (unpaired) electrons. The fourth-order valence-electron chi connectivity index (χ4n) is 0.960. The Hall–Kier alpha value is -0.470. The van der Waals surface area contributed by atoms with Gasteiger partial charge in [-0.25, -0.2) is 4.99 Å². The second-order valence-electron chi connectivity index (χ2n) is 2.77. The topological polar surface area (TPSA) is 12.4 Å². The molecule has 1 aromatic rings. The normalized spacial score (nSPS) is 11.8. The van der Waals surface area contributed by atoms with E-state index in [2.05, 4.69) is 4.99 Å². The van der Waals surface area contributed by atoms with Crippen LogP contribution in [-0.2, 0) is 0 Å². The van der Waals surface area contributed by atoms with Crippen molar-refractivity contribution in [1.29, 1.82) is 0 Å². The number of hydrogen-bond donors (Lipinski definition) is 0. The number of nitrogens with zero attached hydrogens (tertiary/aromatic N) is 1. The highest BCUT2D eigenvalue weighted by Gasteiger charge is 1.97. The molecule has 0 bridgehead atoms. The Labute approximate surface area is 88.2 Å². The van der Waals surface area contributed by atoms with Crippen LogP contribution >= 0.6 is 23.4 Å². The minimum atomic E-state index is 0.762. The third kappa shape index (κ3) is 3.05. The first-order valence-corrected chi connectivity index (χ1v) is 5.59. The summed E-state index contributed by atoms with van der Waals surface area (Å²) in [5, 5.41) is 1.82. The van der Waals surface area contributed by atoms with E-state index in [0.29, 0.717) is 0 Å². The van der Waals surface area contributed by atoms with Crippen molar-refractivity contribution in [2.24, 2.45) is 4.99 Å². The SMILES string of the molecule is CSC(C)=Nc1ccc(Cl)cc1C. The maximum Gasteiger partial charge on any atom is 0.0705 e. The number of thioether (sulfide) groups is 1. The monoisotopic (exact) mass is 213 g/mol. The first-order valence-electron chi connectivity index (χ1n) is 3.99. The fourth-order valence-corrected chi connectivity index (χ4v) is 1.38. The maximum atomic E-state index is 5.83. The van der Waals surface area contributed by atoms with Crippen molar-refractivity contribution in [2.45, 2.75) is 13.8 Å². The van der Waals surface area contributed by atoms with Crippen LogP contribution in [0.2, 0.25) is 5.02 Å². The van der Waals surface area contributed by atoms with E-state index >= 15 is 0 Å². The Morgan fingerprint density at radius 3 is 2.69 bits per heavy atom. The molecule has 0 atom stereocenters. The summed E-state index contributed by atoms with van der Waals surface area (Å²) in [6.45, 7) is 4.01. The number of aliphatic imine (C=N–C) groups is 1. The highest BCUT2D eigenvalue weighted by molar-refractivity contribution is 8.13. The lowest BCUT2D eigenvalue weighted by Gasteiger charge is -2.01. The summed E-state index contributed by atoms with van der Waals surface area (Å²) in [5.41, 5.74) is 2.11. The first kappa shape index (κ1) is 10.6. The Bertz CT molecular complexity index is 334. The largest absolute Gasteiger partial charge is 0.247 e. The highest BCUT2D eigenvalue weighted by atomic mass is 35.5. The van der Waals surface area contributed by atoms with Gasteiger partial charge in [-0.2, -0.15) is 0 Å². The maximum absolute atomic E-state index is 5.83. The van der Waals surface area contributed by atoms with E-state index in [1.165, 1.54) is 0 Å². The summed E-state index contributed by atoms with van der Waals surface area (Å²) < 4.78 is 0. The molecule has 70 valence electrons. The molecule has 0 aliphatic rings. The molecule has 1 nitrogen and oxygen atoms in total. The van der Waals surface area contributed by atoms with Gasteiger partial charge in [0.05, 0.1) is 10.7 Å². The molecule has 0 aliphatic heterocycles. The van der Waals surface area contributed by atoms with Crippen LogP contribution in [0.15, 0.2) is 23.2 Å². The van der Waals surface area contributed by atoms with Crippen molar-refractivity contribution in [3.8, 4) is 0 Å². The van der Waals surface area contributed by atoms with Crippen molar-refractivity contribution in [3.05, 3.63) is 28.8 Å². The predicted octanol–water partition coefficient (Wildman–Crippen LogP) is 4.06. The predicted molar refractivity (Wildman–Crippen MR) is 62.5 cm³/mol. The molecule has 0 unspecified atom stereocenters. The standard InChI is InChI=1S/C10H12ClNS/c1-7-6-9(11)4-5-10(7)12-8(2)13-3/h4-6H,1-3H3. The van der Waals surface area contributed by atoms with Gasteiger partial charge >= 0.3 is 0 Å². The molecule has 0 N–H and O–H groups in total. The molecular formula is C10H12ClNS. The van der Waals surface area contributed by atoms with Gasteiger partial charge < -0.3 is 0 Å². The zero-order chi connectivity index (χ0) is 9.84. The number of aryl methyl sites for hydroxylation is 1. The van der Waals surface area contributed by atoms with Crippen LogP contribution in [0, 0.1) is 6.92 Å². The van der Waals surface area contributed by atoms with Gasteiger partial charge in [-0.3, -0.25) is 0 Å². The second kappa shape index (κ2) is 4.68. The highest BCUT2D eigenvalue weighted by Crippen LogP contribution is 2.23. The van der Waals surface area contributed by atoms with E-state index in [4.69, 9.17) is 11.6 Å². The minimum absolute atomic E-state index is 0.762. The van der Waals surface area contributed by atoms with Crippen molar-refractivity contribution < 1.29 is 0 Å². The molecule has 0 fully saturated rings. The summed E-state index contributed by atoms with van der Waals surface area (Å²) in [6, 6.07) is 5.73. The average Bonchev–Trinajstić information content (AvgIpc) is 2.09. The lowest BCUT2D eigenvalue weighted by Crippen LogP contribution is -1.81. The first-order chi connectivity index (χ1) is 6.13. The smallest absolute Gasteiger partial charge is 0.0705 e. The molecule has 0 spiro atoms. The van der Waals surface area contributed by atoms with Crippen LogP contribution in [0.25, 0.3) is 0 Å². The molecule has 3 heteroatoms. The van der Waals surface area contributed by atoms with Crippen LogP contribution in [0.4, 0.5) is 5.69 Å². The van der Waals surface area contributed by atoms with Crippen LogP contribution in [-0.4, -0.2) is 11.3 Å². The van der Waals surface area contributed by atoms with Gasteiger partial charge in [-0.1, -0.05) is 11.6 Å². The van der Waals surface area contributed by atoms with Crippen LogP contribution in [0.1, 0.15) is 12.5 Å². The van der Waals surface area contributed by atoms with E-state index in [-0.39, 0.29) is 0 Å². The van der Waals surface area contributed by atoms with E-state index in [0.717, 1.165) is 21.3 Å². The molecule has 0 aromatic heterocycles. The van der Waals surface area contributed by atoms with Crippen molar-refractivity contribution >= 4 is 34.1 Å². The Kier molecular flexibility index (Phi) is 3.82. The van der Waals surface area contributed by atoms with E-state index in [9.17, 15) is 0 Å². The summed E-state index contributed by atoms with van der Waals surface area (Å²) in [6.07, 6.45) is 2.02. The summed E-state index contributed by atoms with van der Waals surface area (Å²) >= 11 is 7.48. The number of halogens is 1. The van der Waals surface area contributed by atoms with Gasteiger partial charge in [0.1, 0.15) is 0 Å². The average molecular weight is 214 g/mol. The molecule has 1 rings (SSSR count). The zero-order valence-corrected chi connectivity index (χ0v) is 9.54. The van der Waals surface area contributed by atoms with Gasteiger partial charge in [-0.05, 0) is 43.9 Å². The molecule has 1 aromatic carbocycles. The van der Waals surface area contributed by atoms with E-state index < -0.39 is 0 Å². The van der Waals surface area contributed by atoms with Gasteiger partial charge in [0.25, 0.3) is 0 Å². The Morgan fingerprint density at radius 1 is 1.46 bits per heavy atom. The third-order valence-corrected chi connectivity index (χ3v) is 2.65. The summed E-state index contributed by atoms with van der Waals surface area (Å²) in [4.78, 5) is 4.44. The van der Waals surface area contributed by atoms with Crippen LogP contribution < -0.4 is 0 Å². The van der Waals surface area contributed by atoms with E-state index in [1.54, 1.807) is 11.8 Å². The van der Waals surface area contributed by atoms with Crippen molar-refractivity contribution in [3.63, 3.8) is 0 Å². The second-order valence-corrected chi connectivity index (χ2v) is 4.20. The van der Waals surface area contributed by atoms with Gasteiger partial charge in [-0.15, -0.1) is 11.8 Å². The van der Waals surface area contributed by atoms with Crippen molar-refractivity contribution in [1.82, 2.24) is 0 Å². The lowest BCUT2D eigenvalue weighted by molar-refractivity contribution is 1.40. The Balaban J connectivity index is 3.03. The third-order valence-electron chi connectivity index (χ3n) is 1.73. The number of rotatable bonds is 1. The van der Waals surface area contributed by atoms with Crippen molar-refractivity contribution in [2.75, 3.05) is 6.26 Å². The van der Waals surface area contributed by atoms with Gasteiger partial charge in [0.2, 0.25) is 0 Å². The number of benzene rings is 1.